The molecule has 0 saturated heterocycles. The minimum atomic E-state index is 0.750. The van der Waals surface area contributed by atoms with Gasteiger partial charge in [-0.15, -0.1) is 0 Å². The monoisotopic (exact) mass is 384 g/mol. The SMILES string of the molecule is CN=C(NCCc1c[nH]c2ccccc12)NCc1ccc(Br)cc1. The van der Waals surface area contributed by atoms with Crippen molar-refractivity contribution in [2.75, 3.05) is 13.6 Å². The summed E-state index contributed by atoms with van der Waals surface area (Å²) >= 11 is 3.45. The lowest BCUT2D eigenvalue weighted by molar-refractivity contribution is 0.796. The summed E-state index contributed by atoms with van der Waals surface area (Å²) in [5, 5.41) is 8.00. The maximum atomic E-state index is 4.28. The number of hydrogen-bond acceptors (Lipinski definition) is 1. The number of benzene rings is 2. The zero-order chi connectivity index (χ0) is 16.8. The number of nitrogens with zero attached hydrogens (tertiary/aromatic N) is 1. The zero-order valence-corrected chi connectivity index (χ0v) is 15.2. The quantitative estimate of drug-likeness (QED) is 0.462. The molecule has 24 heavy (non-hydrogen) atoms. The molecule has 0 radical (unpaired) electrons. The second kappa shape index (κ2) is 8.02. The van der Waals surface area contributed by atoms with E-state index in [-0.39, 0.29) is 0 Å². The maximum Gasteiger partial charge on any atom is 0.191 e. The first-order valence-corrected chi connectivity index (χ1v) is 8.79. The molecule has 3 rings (SSSR count). The van der Waals surface area contributed by atoms with Crippen LogP contribution in [0.4, 0.5) is 0 Å². The molecule has 0 bridgehead atoms. The first-order chi connectivity index (χ1) is 11.8. The topological polar surface area (TPSA) is 52.2 Å². The van der Waals surface area contributed by atoms with Crippen LogP contribution in [0.15, 0.2) is 64.2 Å². The molecule has 124 valence electrons. The zero-order valence-electron chi connectivity index (χ0n) is 13.6. The Morgan fingerprint density at radius 1 is 1.08 bits per heavy atom. The Balaban J connectivity index is 1.50. The van der Waals surface area contributed by atoms with Crippen molar-refractivity contribution in [1.29, 1.82) is 0 Å². The van der Waals surface area contributed by atoms with Gasteiger partial charge in [0.05, 0.1) is 0 Å². The Labute approximate surface area is 150 Å². The van der Waals surface area contributed by atoms with Crippen molar-refractivity contribution in [2.45, 2.75) is 13.0 Å². The second-order valence-corrected chi connectivity index (χ2v) is 6.50. The van der Waals surface area contributed by atoms with Crippen LogP contribution in [0.3, 0.4) is 0 Å². The number of aromatic nitrogens is 1. The minimum absolute atomic E-state index is 0.750. The van der Waals surface area contributed by atoms with Crippen molar-refractivity contribution in [3.05, 3.63) is 70.3 Å². The number of rotatable bonds is 5. The summed E-state index contributed by atoms with van der Waals surface area (Å²) in [4.78, 5) is 7.59. The number of aliphatic imine (C=N–C) groups is 1. The van der Waals surface area contributed by atoms with Crippen LogP contribution in [-0.2, 0) is 13.0 Å². The van der Waals surface area contributed by atoms with Gasteiger partial charge in [-0.3, -0.25) is 4.99 Å². The summed E-state index contributed by atoms with van der Waals surface area (Å²) in [5.41, 5.74) is 3.73. The number of fused-ring (bicyclic) bond motifs is 1. The Morgan fingerprint density at radius 2 is 1.88 bits per heavy atom. The van der Waals surface area contributed by atoms with Crippen molar-refractivity contribution in [2.24, 2.45) is 4.99 Å². The third-order valence-electron chi connectivity index (χ3n) is 3.96. The predicted molar refractivity (Wildman–Crippen MR) is 104 cm³/mol. The molecular formula is C19H21BrN4. The third kappa shape index (κ3) is 4.17. The average molecular weight is 385 g/mol. The molecular weight excluding hydrogens is 364 g/mol. The minimum Gasteiger partial charge on any atom is -0.361 e. The Kier molecular flexibility index (Phi) is 5.54. The number of para-hydroxylation sites is 1. The van der Waals surface area contributed by atoms with Crippen molar-refractivity contribution < 1.29 is 0 Å². The maximum absolute atomic E-state index is 4.28. The van der Waals surface area contributed by atoms with E-state index >= 15 is 0 Å². The summed E-state index contributed by atoms with van der Waals surface area (Å²) < 4.78 is 1.09. The lowest BCUT2D eigenvalue weighted by atomic mass is 10.1. The standard InChI is InChI=1S/C19H21BrN4/c1-21-19(24-12-14-6-8-16(20)9-7-14)22-11-10-15-13-23-18-5-3-2-4-17(15)18/h2-9,13,23H,10-12H2,1H3,(H2,21,22,24). The first kappa shape index (κ1) is 16.6. The largest absolute Gasteiger partial charge is 0.361 e. The smallest absolute Gasteiger partial charge is 0.191 e. The molecule has 1 aromatic heterocycles. The van der Waals surface area contributed by atoms with Gasteiger partial charge in [-0.25, -0.2) is 0 Å². The van der Waals surface area contributed by atoms with Crippen molar-refractivity contribution >= 4 is 32.8 Å². The van der Waals surface area contributed by atoms with Crippen LogP contribution in [0.1, 0.15) is 11.1 Å². The van der Waals surface area contributed by atoms with Crippen LogP contribution < -0.4 is 10.6 Å². The van der Waals surface area contributed by atoms with Gasteiger partial charge in [-0.05, 0) is 35.7 Å². The van der Waals surface area contributed by atoms with E-state index in [9.17, 15) is 0 Å². The van der Waals surface area contributed by atoms with Gasteiger partial charge in [-0.2, -0.15) is 0 Å². The molecule has 0 atom stereocenters. The number of aromatic amines is 1. The van der Waals surface area contributed by atoms with Crippen LogP contribution in [0.5, 0.6) is 0 Å². The van der Waals surface area contributed by atoms with E-state index in [2.05, 4.69) is 79.1 Å². The van der Waals surface area contributed by atoms with Crippen molar-refractivity contribution in [3.8, 4) is 0 Å². The highest BCUT2D eigenvalue weighted by Crippen LogP contribution is 2.17. The highest BCUT2D eigenvalue weighted by atomic mass is 79.9. The Hall–Kier alpha value is -2.27. The molecule has 2 aromatic carbocycles. The first-order valence-electron chi connectivity index (χ1n) is 8.00. The normalized spacial score (nSPS) is 11.7. The summed E-state index contributed by atoms with van der Waals surface area (Å²) in [7, 11) is 1.79. The molecule has 0 saturated carbocycles. The van der Waals surface area contributed by atoms with E-state index in [1.807, 2.05) is 12.1 Å². The van der Waals surface area contributed by atoms with Gasteiger partial charge in [0, 0.05) is 41.7 Å². The fourth-order valence-electron chi connectivity index (χ4n) is 2.66. The van der Waals surface area contributed by atoms with Crippen molar-refractivity contribution in [1.82, 2.24) is 15.6 Å². The molecule has 0 spiro atoms. The molecule has 0 amide bonds. The average Bonchev–Trinajstić information content (AvgIpc) is 3.02. The molecule has 1 heterocycles. The Morgan fingerprint density at radius 3 is 2.67 bits per heavy atom. The fourth-order valence-corrected chi connectivity index (χ4v) is 2.93. The number of hydrogen-bond donors (Lipinski definition) is 3. The number of halogens is 1. The van der Waals surface area contributed by atoms with Crippen molar-refractivity contribution in [3.63, 3.8) is 0 Å². The fraction of sp³-hybridized carbons (Fsp3) is 0.211. The molecule has 0 aliphatic carbocycles. The highest BCUT2D eigenvalue weighted by Gasteiger charge is 2.03. The summed E-state index contributed by atoms with van der Waals surface area (Å²) in [5.74, 6) is 0.817. The molecule has 0 unspecified atom stereocenters. The van der Waals surface area contributed by atoms with Crippen LogP contribution in [-0.4, -0.2) is 24.5 Å². The second-order valence-electron chi connectivity index (χ2n) is 5.59. The van der Waals surface area contributed by atoms with Crippen LogP contribution in [0.25, 0.3) is 10.9 Å². The van der Waals surface area contributed by atoms with E-state index in [0.29, 0.717) is 0 Å². The van der Waals surface area contributed by atoms with E-state index in [4.69, 9.17) is 0 Å². The third-order valence-corrected chi connectivity index (χ3v) is 4.49. The van der Waals surface area contributed by atoms with E-state index < -0.39 is 0 Å². The van der Waals surface area contributed by atoms with Gasteiger partial charge in [-0.1, -0.05) is 46.3 Å². The van der Waals surface area contributed by atoms with Gasteiger partial charge in [0.1, 0.15) is 0 Å². The molecule has 3 aromatic rings. The van der Waals surface area contributed by atoms with Gasteiger partial charge in [0.15, 0.2) is 5.96 Å². The highest BCUT2D eigenvalue weighted by molar-refractivity contribution is 9.10. The van der Waals surface area contributed by atoms with E-state index in [0.717, 1.165) is 29.9 Å². The molecule has 0 aliphatic rings. The van der Waals surface area contributed by atoms with E-state index in [1.54, 1.807) is 7.05 Å². The van der Waals surface area contributed by atoms with Gasteiger partial charge in [0.2, 0.25) is 0 Å². The van der Waals surface area contributed by atoms with E-state index in [1.165, 1.54) is 22.0 Å². The summed E-state index contributed by atoms with van der Waals surface area (Å²) in [6, 6.07) is 16.7. The molecule has 3 N–H and O–H groups in total. The van der Waals surface area contributed by atoms with Gasteiger partial charge in [0.25, 0.3) is 0 Å². The van der Waals surface area contributed by atoms with Gasteiger partial charge >= 0.3 is 0 Å². The van der Waals surface area contributed by atoms with Crippen LogP contribution >= 0.6 is 15.9 Å². The molecule has 0 aliphatic heterocycles. The lowest BCUT2D eigenvalue weighted by Crippen LogP contribution is -2.37. The molecule has 0 fully saturated rings. The number of nitrogens with one attached hydrogen (secondary N) is 3. The predicted octanol–water partition coefficient (Wildman–Crippen LogP) is 3.84. The Bertz CT molecular complexity index is 821. The van der Waals surface area contributed by atoms with Gasteiger partial charge < -0.3 is 15.6 Å². The van der Waals surface area contributed by atoms with Crippen LogP contribution in [0, 0.1) is 0 Å². The number of guanidine groups is 1. The van der Waals surface area contributed by atoms with Crippen LogP contribution in [0.2, 0.25) is 0 Å². The summed E-state index contributed by atoms with van der Waals surface area (Å²) in [6.07, 6.45) is 3.04. The lowest BCUT2D eigenvalue weighted by Gasteiger charge is -2.12. The number of H-pyrrole nitrogens is 1. The molecule has 4 nitrogen and oxygen atoms in total. The summed E-state index contributed by atoms with van der Waals surface area (Å²) in [6.45, 7) is 1.59. The molecule has 5 heteroatoms.